The number of hydrogen-bond acceptors (Lipinski definition) is 1. The lowest BCUT2D eigenvalue weighted by Gasteiger charge is -2.33. The fourth-order valence-electron chi connectivity index (χ4n) is 0.496. The predicted molar refractivity (Wildman–Crippen MR) is 52.0 cm³/mol. The Balaban J connectivity index is 4.50. The number of rotatable bonds is 1. The Bertz CT molecular complexity index is 191. The van der Waals surface area contributed by atoms with Crippen molar-refractivity contribution >= 4 is 8.07 Å². The molecule has 0 N–H and O–H groups in total. The third-order valence-corrected chi connectivity index (χ3v) is 7.37. The molecule has 0 saturated carbocycles. The number of hydrogen-bond donors (Lipinski definition) is 0. The first-order valence-corrected chi connectivity index (χ1v) is 6.96. The van der Waals surface area contributed by atoms with Crippen molar-refractivity contribution in [3.8, 4) is 6.07 Å². The number of nitriles is 1. The second kappa shape index (κ2) is 3.23. The minimum Gasteiger partial charge on any atom is -0.193 e. The van der Waals surface area contributed by atoms with E-state index in [1.54, 1.807) is 6.08 Å². The smallest absolute Gasteiger partial charge is 0.0904 e. The molecule has 0 atom stereocenters. The lowest BCUT2D eigenvalue weighted by molar-refractivity contribution is 0.729. The summed E-state index contributed by atoms with van der Waals surface area (Å²) in [5.41, 5.74) is 2.10. The van der Waals surface area contributed by atoms with Crippen LogP contribution in [-0.4, -0.2) is 8.07 Å². The number of allylic oxidation sites excluding steroid dienone is 1. The van der Waals surface area contributed by atoms with E-state index < -0.39 is 8.07 Å². The van der Waals surface area contributed by atoms with E-state index in [2.05, 4.69) is 45.6 Å². The van der Waals surface area contributed by atoms with Crippen LogP contribution in [-0.2, 0) is 0 Å². The topological polar surface area (TPSA) is 23.8 Å². The van der Waals surface area contributed by atoms with Crippen molar-refractivity contribution in [3.63, 3.8) is 0 Å². The van der Waals surface area contributed by atoms with Crippen LogP contribution in [0.1, 0.15) is 20.8 Å². The maximum Gasteiger partial charge on any atom is 0.0904 e. The van der Waals surface area contributed by atoms with Crippen LogP contribution in [0.2, 0.25) is 18.1 Å². The largest absolute Gasteiger partial charge is 0.193 e. The van der Waals surface area contributed by atoms with Gasteiger partial charge in [0.2, 0.25) is 0 Å². The summed E-state index contributed by atoms with van der Waals surface area (Å²) in [5, 5.41) is 8.73. The molecule has 1 nitrogen and oxygen atoms in total. The monoisotopic (exact) mass is 167 g/mol. The van der Waals surface area contributed by atoms with Crippen molar-refractivity contribution in [2.24, 2.45) is 0 Å². The Morgan fingerprint density at radius 1 is 1.27 bits per heavy atom. The third-order valence-electron chi connectivity index (χ3n) is 2.51. The molecule has 0 bridgehead atoms. The quantitative estimate of drug-likeness (QED) is 0.435. The van der Waals surface area contributed by atoms with Gasteiger partial charge in [0.25, 0.3) is 0 Å². The standard InChI is InChI=1S/C9H17NSi/c1-9(2,3)11(4,5)8-6-7-10/h6,8H,1-5H3. The summed E-state index contributed by atoms with van der Waals surface area (Å²) in [6, 6.07) is 2.05. The van der Waals surface area contributed by atoms with Crippen LogP contribution in [0.25, 0.3) is 0 Å². The first-order valence-electron chi connectivity index (χ1n) is 3.88. The maximum absolute atomic E-state index is 8.38. The van der Waals surface area contributed by atoms with Gasteiger partial charge in [-0.25, -0.2) is 0 Å². The van der Waals surface area contributed by atoms with Gasteiger partial charge in [-0.3, -0.25) is 0 Å². The molecule has 0 saturated heterocycles. The van der Waals surface area contributed by atoms with Crippen LogP contribution in [0.5, 0.6) is 0 Å². The zero-order valence-electron chi connectivity index (χ0n) is 8.10. The molecule has 0 unspecified atom stereocenters. The van der Waals surface area contributed by atoms with Crippen LogP contribution < -0.4 is 0 Å². The van der Waals surface area contributed by atoms with E-state index in [0.717, 1.165) is 0 Å². The van der Waals surface area contributed by atoms with Gasteiger partial charge in [-0.1, -0.05) is 39.6 Å². The Labute approximate surface area is 70.7 Å². The summed E-state index contributed by atoms with van der Waals surface area (Å²) in [5.74, 6) is 0. The molecule has 0 aliphatic carbocycles. The van der Waals surface area contributed by atoms with Crippen LogP contribution in [0.15, 0.2) is 11.8 Å². The normalized spacial score (nSPS) is 13.5. The first-order chi connectivity index (χ1) is 4.81. The zero-order valence-corrected chi connectivity index (χ0v) is 9.10. The molecule has 0 aromatic rings. The molecule has 0 heterocycles. The summed E-state index contributed by atoms with van der Waals surface area (Å²) >= 11 is 0. The van der Waals surface area contributed by atoms with Gasteiger partial charge in [-0.2, -0.15) is 5.26 Å². The lowest BCUT2D eigenvalue weighted by Crippen LogP contribution is -2.34. The maximum atomic E-state index is 8.38. The highest BCUT2D eigenvalue weighted by atomic mass is 28.3. The van der Waals surface area contributed by atoms with Gasteiger partial charge in [-0.05, 0) is 5.04 Å². The van der Waals surface area contributed by atoms with E-state index in [0.29, 0.717) is 5.04 Å². The van der Waals surface area contributed by atoms with Crippen molar-refractivity contribution in [2.45, 2.75) is 38.9 Å². The van der Waals surface area contributed by atoms with Crippen LogP contribution in [0.4, 0.5) is 0 Å². The highest BCUT2D eigenvalue weighted by molar-refractivity contribution is 6.84. The Morgan fingerprint density at radius 3 is 2.00 bits per heavy atom. The van der Waals surface area contributed by atoms with Crippen LogP contribution >= 0.6 is 0 Å². The van der Waals surface area contributed by atoms with E-state index in [1.165, 1.54) is 0 Å². The van der Waals surface area contributed by atoms with E-state index in [4.69, 9.17) is 5.26 Å². The first kappa shape index (κ1) is 10.4. The molecule has 0 aliphatic heterocycles. The molecule has 0 fully saturated rings. The van der Waals surface area contributed by atoms with Crippen molar-refractivity contribution in [2.75, 3.05) is 0 Å². The molecule has 0 spiro atoms. The molecule has 0 radical (unpaired) electrons. The Morgan fingerprint density at radius 2 is 1.73 bits per heavy atom. The SMILES string of the molecule is CC(C)(C)[Si](C)(C)C=CC#N. The van der Waals surface area contributed by atoms with Crippen molar-refractivity contribution in [1.29, 1.82) is 5.26 Å². The van der Waals surface area contributed by atoms with Gasteiger partial charge >= 0.3 is 0 Å². The van der Waals surface area contributed by atoms with Gasteiger partial charge in [0, 0.05) is 6.08 Å². The molecule has 0 amide bonds. The molecule has 0 aliphatic rings. The van der Waals surface area contributed by atoms with Crippen LogP contribution in [0, 0.1) is 11.3 Å². The molecule has 0 aromatic heterocycles. The minimum atomic E-state index is -1.33. The summed E-state index contributed by atoms with van der Waals surface area (Å²) in [6.07, 6.45) is 1.62. The van der Waals surface area contributed by atoms with E-state index >= 15 is 0 Å². The predicted octanol–water partition coefficient (Wildman–Crippen LogP) is 3.11. The average molecular weight is 167 g/mol. The molecule has 11 heavy (non-hydrogen) atoms. The van der Waals surface area contributed by atoms with E-state index in [1.807, 2.05) is 0 Å². The van der Waals surface area contributed by atoms with Gasteiger partial charge in [0.05, 0.1) is 14.1 Å². The molecular formula is C9H17NSi. The highest BCUT2D eigenvalue weighted by Gasteiger charge is 2.32. The summed E-state index contributed by atoms with van der Waals surface area (Å²) in [6.45, 7) is 11.3. The van der Waals surface area contributed by atoms with Gasteiger partial charge in [0.15, 0.2) is 0 Å². The second-order valence-corrected chi connectivity index (χ2v) is 9.71. The van der Waals surface area contributed by atoms with Crippen molar-refractivity contribution in [3.05, 3.63) is 11.8 Å². The summed E-state index contributed by atoms with van der Waals surface area (Å²) in [7, 11) is -1.33. The lowest BCUT2D eigenvalue weighted by atomic mass is 10.2. The molecule has 62 valence electrons. The van der Waals surface area contributed by atoms with Crippen molar-refractivity contribution in [1.82, 2.24) is 0 Å². The van der Waals surface area contributed by atoms with Crippen LogP contribution in [0.3, 0.4) is 0 Å². The average Bonchev–Trinajstić information content (AvgIpc) is 1.81. The fraction of sp³-hybridized carbons (Fsp3) is 0.667. The van der Waals surface area contributed by atoms with Gasteiger partial charge < -0.3 is 0 Å². The summed E-state index contributed by atoms with van der Waals surface area (Å²) in [4.78, 5) is 0. The second-order valence-electron chi connectivity index (χ2n) is 4.43. The molecular weight excluding hydrogens is 150 g/mol. The Hall–Kier alpha value is -0.553. The third kappa shape index (κ3) is 2.90. The zero-order chi connectivity index (χ0) is 9.12. The van der Waals surface area contributed by atoms with Crippen molar-refractivity contribution < 1.29 is 0 Å². The minimum absolute atomic E-state index is 0.348. The van der Waals surface area contributed by atoms with Gasteiger partial charge in [0.1, 0.15) is 0 Å². The molecule has 2 heteroatoms. The molecule has 0 aromatic carbocycles. The van der Waals surface area contributed by atoms with E-state index in [-0.39, 0.29) is 0 Å². The van der Waals surface area contributed by atoms with E-state index in [9.17, 15) is 0 Å². The number of nitrogens with zero attached hydrogens (tertiary/aromatic N) is 1. The molecule has 0 rings (SSSR count). The fourth-order valence-corrected chi connectivity index (χ4v) is 1.49. The highest BCUT2D eigenvalue weighted by Crippen LogP contribution is 2.36. The summed E-state index contributed by atoms with van der Waals surface area (Å²) < 4.78 is 0. The Kier molecular flexibility index (Phi) is 3.07. The van der Waals surface area contributed by atoms with Gasteiger partial charge in [-0.15, -0.1) is 0 Å².